The minimum Gasteiger partial charge on any atom is -0.324 e. The summed E-state index contributed by atoms with van der Waals surface area (Å²) in [4.78, 5) is 11.9. The Bertz CT molecular complexity index is 494. The van der Waals surface area contributed by atoms with Crippen molar-refractivity contribution in [3.63, 3.8) is 0 Å². The van der Waals surface area contributed by atoms with Crippen LogP contribution in [0.15, 0.2) is 6.07 Å². The molecule has 3 N–H and O–H groups in total. The average molecular weight is 283 g/mol. The third-order valence-corrected chi connectivity index (χ3v) is 3.48. The second-order valence-electron chi connectivity index (χ2n) is 6.04. The van der Waals surface area contributed by atoms with Crippen molar-refractivity contribution in [3.05, 3.63) is 16.8 Å². The Morgan fingerprint density at radius 1 is 1.47 bits per heavy atom. The van der Waals surface area contributed by atoms with E-state index in [2.05, 4.69) is 15.5 Å². The van der Waals surface area contributed by atoms with Gasteiger partial charge in [0.25, 0.3) is 0 Å². The summed E-state index contributed by atoms with van der Waals surface area (Å²) in [5, 5.41) is 10.8. The maximum absolute atomic E-state index is 11.9. The Balaban J connectivity index is 2.18. The SMILES string of the molecule is CC(C)(C)C(=O)Nc1cc(C(N)C2CC2)c(Cl)nn1. The molecule has 1 atom stereocenters. The fourth-order valence-corrected chi connectivity index (χ4v) is 1.92. The quantitative estimate of drug-likeness (QED) is 0.893. The molecule has 1 heterocycles. The summed E-state index contributed by atoms with van der Waals surface area (Å²) in [6, 6.07) is 1.59. The normalized spacial score (nSPS) is 17.1. The number of aromatic nitrogens is 2. The molecular weight excluding hydrogens is 264 g/mol. The van der Waals surface area contributed by atoms with Gasteiger partial charge in [0.05, 0.1) is 0 Å². The standard InChI is InChI=1S/C13H19ClN4O/c1-13(2,3)12(19)16-9-6-8(11(14)18-17-9)10(15)7-4-5-7/h6-7,10H,4-5,15H2,1-3H3,(H,16,17,19). The first-order chi connectivity index (χ1) is 8.79. The Kier molecular flexibility index (Phi) is 3.78. The van der Waals surface area contributed by atoms with Crippen molar-refractivity contribution in [2.75, 3.05) is 5.32 Å². The number of nitrogens with one attached hydrogen (secondary N) is 1. The Morgan fingerprint density at radius 3 is 2.63 bits per heavy atom. The molecule has 0 radical (unpaired) electrons. The molecule has 5 nitrogen and oxygen atoms in total. The molecule has 104 valence electrons. The monoisotopic (exact) mass is 282 g/mol. The van der Waals surface area contributed by atoms with Gasteiger partial charge in [-0.2, -0.15) is 0 Å². The number of hydrogen-bond donors (Lipinski definition) is 2. The third-order valence-electron chi connectivity index (χ3n) is 3.19. The van der Waals surface area contributed by atoms with Crippen LogP contribution in [0.2, 0.25) is 5.15 Å². The molecule has 1 amide bonds. The van der Waals surface area contributed by atoms with Gasteiger partial charge in [-0.1, -0.05) is 32.4 Å². The first-order valence-corrected chi connectivity index (χ1v) is 6.77. The highest BCUT2D eigenvalue weighted by Crippen LogP contribution is 2.41. The highest BCUT2D eigenvalue weighted by atomic mass is 35.5. The lowest BCUT2D eigenvalue weighted by molar-refractivity contribution is -0.123. The number of anilines is 1. The van der Waals surface area contributed by atoms with Gasteiger partial charge in [0, 0.05) is 17.0 Å². The molecule has 1 fully saturated rings. The van der Waals surface area contributed by atoms with E-state index in [4.69, 9.17) is 17.3 Å². The first kappa shape index (κ1) is 14.2. The van der Waals surface area contributed by atoms with Gasteiger partial charge in [0.2, 0.25) is 5.91 Å². The summed E-state index contributed by atoms with van der Waals surface area (Å²) in [7, 11) is 0. The number of carbonyl (C=O) groups excluding carboxylic acids is 1. The van der Waals surface area contributed by atoms with Gasteiger partial charge >= 0.3 is 0 Å². The number of nitrogens with two attached hydrogens (primary N) is 1. The molecule has 1 unspecified atom stereocenters. The van der Waals surface area contributed by atoms with Gasteiger partial charge in [-0.05, 0) is 24.8 Å². The lowest BCUT2D eigenvalue weighted by Crippen LogP contribution is -2.28. The van der Waals surface area contributed by atoms with Crippen molar-refractivity contribution in [1.29, 1.82) is 0 Å². The maximum atomic E-state index is 11.9. The van der Waals surface area contributed by atoms with E-state index in [1.54, 1.807) is 6.07 Å². The topological polar surface area (TPSA) is 80.9 Å². The van der Waals surface area contributed by atoms with E-state index in [0.29, 0.717) is 16.9 Å². The van der Waals surface area contributed by atoms with Gasteiger partial charge in [-0.15, -0.1) is 10.2 Å². The van der Waals surface area contributed by atoms with Gasteiger partial charge in [-0.25, -0.2) is 0 Å². The summed E-state index contributed by atoms with van der Waals surface area (Å²) < 4.78 is 0. The van der Waals surface area contributed by atoms with Gasteiger partial charge in [0.15, 0.2) is 11.0 Å². The number of halogens is 1. The minimum absolute atomic E-state index is 0.116. The van der Waals surface area contributed by atoms with Crippen LogP contribution in [0.25, 0.3) is 0 Å². The highest BCUT2D eigenvalue weighted by Gasteiger charge is 2.31. The van der Waals surface area contributed by atoms with Gasteiger partial charge < -0.3 is 11.1 Å². The zero-order valence-corrected chi connectivity index (χ0v) is 12.2. The molecule has 0 aliphatic heterocycles. The van der Waals surface area contributed by atoms with Crippen LogP contribution in [0.4, 0.5) is 5.82 Å². The zero-order valence-electron chi connectivity index (χ0n) is 11.4. The van der Waals surface area contributed by atoms with Crippen LogP contribution < -0.4 is 11.1 Å². The molecule has 1 aliphatic rings. The Labute approximate surface area is 117 Å². The molecule has 0 bridgehead atoms. The smallest absolute Gasteiger partial charge is 0.230 e. The molecule has 6 heteroatoms. The fourth-order valence-electron chi connectivity index (χ4n) is 1.70. The molecule has 1 aliphatic carbocycles. The van der Waals surface area contributed by atoms with Crippen LogP contribution in [-0.2, 0) is 4.79 Å². The molecule has 1 saturated carbocycles. The van der Waals surface area contributed by atoms with E-state index in [1.807, 2.05) is 20.8 Å². The van der Waals surface area contributed by atoms with Crippen LogP contribution >= 0.6 is 11.6 Å². The van der Waals surface area contributed by atoms with E-state index in [9.17, 15) is 4.79 Å². The maximum Gasteiger partial charge on any atom is 0.230 e. The number of carbonyl (C=O) groups is 1. The van der Waals surface area contributed by atoms with E-state index in [0.717, 1.165) is 18.4 Å². The van der Waals surface area contributed by atoms with Gasteiger partial charge in [0.1, 0.15) is 0 Å². The second-order valence-corrected chi connectivity index (χ2v) is 6.40. The molecule has 1 aromatic heterocycles. The zero-order chi connectivity index (χ0) is 14.2. The molecule has 0 saturated heterocycles. The third kappa shape index (κ3) is 3.42. The largest absolute Gasteiger partial charge is 0.324 e. The van der Waals surface area contributed by atoms with Crippen LogP contribution in [0, 0.1) is 11.3 Å². The van der Waals surface area contributed by atoms with Crippen LogP contribution in [0.3, 0.4) is 0 Å². The Hall–Kier alpha value is -1.20. The number of rotatable bonds is 3. The van der Waals surface area contributed by atoms with Crippen molar-refractivity contribution in [2.45, 2.75) is 39.7 Å². The summed E-state index contributed by atoms with van der Waals surface area (Å²) in [6.45, 7) is 5.51. The average Bonchev–Trinajstić information content (AvgIpc) is 3.13. The van der Waals surface area contributed by atoms with Crippen molar-refractivity contribution < 1.29 is 4.79 Å². The summed E-state index contributed by atoms with van der Waals surface area (Å²) in [5.74, 6) is 0.748. The lowest BCUT2D eigenvalue weighted by Gasteiger charge is -2.18. The predicted octanol–water partition coefficient (Wildman–Crippen LogP) is 2.52. The van der Waals surface area contributed by atoms with E-state index in [1.165, 1.54) is 0 Å². The van der Waals surface area contributed by atoms with Crippen LogP contribution in [0.1, 0.15) is 45.2 Å². The first-order valence-electron chi connectivity index (χ1n) is 6.39. The van der Waals surface area contributed by atoms with Crippen molar-refractivity contribution in [3.8, 4) is 0 Å². The molecule has 19 heavy (non-hydrogen) atoms. The molecule has 0 spiro atoms. The van der Waals surface area contributed by atoms with Crippen molar-refractivity contribution in [1.82, 2.24) is 10.2 Å². The number of hydrogen-bond acceptors (Lipinski definition) is 4. The molecule has 0 aromatic carbocycles. The van der Waals surface area contributed by atoms with Crippen molar-refractivity contribution in [2.24, 2.45) is 17.1 Å². The summed E-state index contributed by atoms with van der Waals surface area (Å²) in [6.07, 6.45) is 2.23. The Morgan fingerprint density at radius 2 is 2.11 bits per heavy atom. The molecule has 2 rings (SSSR count). The summed E-state index contributed by atoms with van der Waals surface area (Å²) in [5.41, 5.74) is 6.39. The summed E-state index contributed by atoms with van der Waals surface area (Å²) >= 11 is 6.02. The lowest BCUT2D eigenvalue weighted by atomic mass is 9.96. The van der Waals surface area contributed by atoms with Crippen molar-refractivity contribution >= 4 is 23.3 Å². The molecule has 1 aromatic rings. The van der Waals surface area contributed by atoms with Gasteiger partial charge in [-0.3, -0.25) is 4.79 Å². The van der Waals surface area contributed by atoms with E-state index < -0.39 is 5.41 Å². The molecular formula is C13H19ClN4O. The fraction of sp³-hybridized carbons (Fsp3) is 0.615. The highest BCUT2D eigenvalue weighted by molar-refractivity contribution is 6.30. The van der Waals surface area contributed by atoms with Crippen LogP contribution in [-0.4, -0.2) is 16.1 Å². The number of nitrogens with zero attached hydrogens (tertiary/aromatic N) is 2. The predicted molar refractivity (Wildman–Crippen MR) is 74.8 cm³/mol. The van der Waals surface area contributed by atoms with E-state index in [-0.39, 0.29) is 11.9 Å². The van der Waals surface area contributed by atoms with E-state index >= 15 is 0 Å². The minimum atomic E-state index is -0.486. The second kappa shape index (κ2) is 5.06. The van der Waals surface area contributed by atoms with Crippen LogP contribution in [0.5, 0.6) is 0 Å². The number of amides is 1.